The Morgan fingerprint density at radius 1 is 1.50 bits per heavy atom. The predicted octanol–water partition coefficient (Wildman–Crippen LogP) is 1.83. The van der Waals surface area contributed by atoms with E-state index >= 15 is 0 Å². The Kier molecular flexibility index (Phi) is 6.01. The first-order valence-corrected chi connectivity index (χ1v) is 7.48. The number of halogens is 1. The van der Waals surface area contributed by atoms with E-state index in [4.69, 9.17) is 16.3 Å². The van der Waals surface area contributed by atoms with Crippen molar-refractivity contribution in [3.63, 3.8) is 0 Å². The molecule has 0 bridgehead atoms. The van der Waals surface area contributed by atoms with Crippen LogP contribution in [0.2, 0.25) is 5.15 Å². The van der Waals surface area contributed by atoms with Crippen molar-refractivity contribution in [3.05, 3.63) is 23.5 Å². The standard InChI is InChI=1S/C11H17ClN2O3S/c1-3-4-9(8-17-2)14-18(15,16)10-5-6-11(12)13-7-10/h5-7,9,14H,3-4,8H2,1-2H3. The molecule has 1 aromatic heterocycles. The van der Waals surface area contributed by atoms with Gasteiger partial charge in [-0.05, 0) is 18.6 Å². The van der Waals surface area contributed by atoms with Crippen molar-refractivity contribution in [1.82, 2.24) is 9.71 Å². The van der Waals surface area contributed by atoms with Crippen molar-refractivity contribution in [2.45, 2.75) is 30.7 Å². The first kappa shape index (κ1) is 15.4. The van der Waals surface area contributed by atoms with Crippen molar-refractivity contribution in [1.29, 1.82) is 0 Å². The summed E-state index contributed by atoms with van der Waals surface area (Å²) in [6, 6.07) is 2.63. The second-order valence-corrected chi connectivity index (χ2v) is 5.98. The van der Waals surface area contributed by atoms with Crippen LogP contribution in [0.25, 0.3) is 0 Å². The maximum Gasteiger partial charge on any atom is 0.242 e. The van der Waals surface area contributed by atoms with E-state index in [1.807, 2.05) is 6.92 Å². The van der Waals surface area contributed by atoms with E-state index in [-0.39, 0.29) is 16.1 Å². The van der Waals surface area contributed by atoms with Crippen molar-refractivity contribution >= 4 is 21.6 Å². The number of rotatable bonds is 7. The monoisotopic (exact) mass is 292 g/mol. The van der Waals surface area contributed by atoms with Gasteiger partial charge in [-0.25, -0.2) is 18.1 Å². The van der Waals surface area contributed by atoms with Crippen LogP contribution in [0.15, 0.2) is 23.2 Å². The summed E-state index contributed by atoms with van der Waals surface area (Å²) in [7, 11) is -2.03. The molecule has 1 unspecified atom stereocenters. The van der Waals surface area contributed by atoms with Gasteiger partial charge in [0.2, 0.25) is 10.0 Å². The van der Waals surface area contributed by atoms with Crippen LogP contribution in [-0.4, -0.2) is 33.2 Å². The summed E-state index contributed by atoms with van der Waals surface area (Å²) in [5.74, 6) is 0. The highest BCUT2D eigenvalue weighted by Crippen LogP contribution is 2.12. The second-order valence-electron chi connectivity index (χ2n) is 3.88. The number of pyridine rings is 1. The summed E-state index contributed by atoms with van der Waals surface area (Å²) in [5, 5.41) is 0.260. The molecule has 5 nitrogen and oxygen atoms in total. The van der Waals surface area contributed by atoms with Gasteiger partial charge >= 0.3 is 0 Å². The van der Waals surface area contributed by atoms with Crippen LogP contribution < -0.4 is 4.72 Å². The number of aromatic nitrogens is 1. The third-order valence-electron chi connectivity index (χ3n) is 2.34. The minimum Gasteiger partial charge on any atom is -0.383 e. The summed E-state index contributed by atoms with van der Waals surface area (Å²) >= 11 is 5.62. The topological polar surface area (TPSA) is 68.3 Å². The number of nitrogens with one attached hydrogen (secondary N) is 1. The molecule has 0 aromatic carbocycles. The molecule has 1 N–H and O–H groups in total. The Balaban J connectivity index is 2.82. The molecule has 0 aliphatic rings. The van der Waals surface area contributed by atoms with Gasteiger partial charge in [0.25, 0.3) is 0 Å². The summed E-state index contributed by atoms with van der Waals surface area (Å²) in [5.41, 5.74) is 0. The molecular formula is C11H17ClN2O3S. The Bertz CT molecular complexity index is 456. The lowest BCUT2D eigenvalue weighted by Gasteiger charge is -2.17. The molecular weight excluding hydrogens is 276 g/mol. The van der Waals surface area contributed by atoms with Gasteiger partial charge in [-0.1, -0.05) is 24.9 Å². The van der Waals surface area contributed by atoms with Gasteiger partial charge in [0.1, 0.15) is 10.0 Å². The van der Waals surface area contributed by atoms with Gasteiger partial charge in [-0.3, -0.25) is 0 Å². The number of hydrogen-bond donors (Lipinski definition) is 1. The van der Waals surface area contributed by atoms with E-state index in [9.17, 15) is 8.42 Å². The lowest BCUT2D eigenvalue weighted by Crippen LogP contribution is -2.37. The van der Waals surface area contributed by atoms with Gasteiger partial charge in [0, 0.05) is 19.3 Å². The minimum absolute atomic E-state index is 0.101. The average molecular weight is 293 g/mol. The van der Waals surface area contributed by atoms with Crippen LogP contribution in [0.4, 0.5) is 0 Å². The maximum absolute atomic E-state index is 12.1. The molecule has 102 valence electrons. The molecule has 0 spiro atoms. The third-order valence-corrected chi connectivity index (χ3v) is 4.07. The molecule has 0 saturated heterocycles. The fourth-order valence-corrected chi connectivity index (χ4v) is 2.85. The first-order chi connectivity index (χ1) is 8.49. The first-order valence-electron chi connectivity index (χ1n) is 5.62. The van der Waals surface area contributed by atoms with Crippen LogP contribution in [0.3, 0.4) is 0 Å². The van der Waals surface area contributed by atoms with E-state index in [1.54, 1.807) is 7.11 Å². The Hall–Kier alpha value is -0.690. The lowest BCUT2D eigenvalue weighted by atomic mass is 10.2. The number of methoxy groups -OCH3 is 1. The zero-order valence-electron chi connectivity index (χ0n) is 10.4. The predicted molar refractivity (Wildman–Crippen MR) is 70.1 cm³/mol. The average Bonchev–Trinajstić information content (AvgIpc) is 2.29. The quantitative estimate of drug-likeness (QED) is 0.779. The molecule has 1 heterocycles. The summed E-state index contributed by atoms with van der Waals surface area (Å²) in [4.78, 5) is 3.86. The molecule has 0 aliphatic heterocycles. The number of sulfonamides is 1. The van der Waals surface area contributed by atoms with Gasteiger partial charge in [-0.15, -0.1) is 0 Å². The van der Waals surface area contributed by atoms with E-state index in [2.05, 4.69) is 9.71 Å². The molecule has 1 atom stereocenters. The Morgan fingerprint density at radius 2 is 2.22 bits per heavy atom. The highest BCUT2D eigenvalue weighted by atomic mass is 35.5. The Labute approximate surface area is 113 Å². The van der Waals surface area contributed by atoms with Crippen molar-refractivity contribution < 1.29 is 13.2 Å². The normalized spacial score (nSPS) is 13.5. The molecule has 7 heteroatoms. The fourth-order valence-electron chi connectivity index (χ4n) is 1.53. The zero-order chi connectivity index (χ0) is 13.6. The van der Waals surface area contributed by atoms with Gasteiger partial charge in [0.05, 0.1) is 6.61 Å². The van der Waals surface area contributed by atoms with Crippen LogP contribution >= 0.6 is 11.6 Å². The van der Waals surface area contributed by atoms with Crippen LogP contribution in [0.1, 0.15) is 19.8 Å². The summed E-state index contributed by atoms with van der Waals surface area (Å²) in [6.07, 6.45) is 2.82. The fraction of sp³-hybridized carbons (Fsp3) is 0.545. The highest BCUT2D eigenvalue weighted by Gasteiger charge is 2.19. The highest BCUT2D eigenvalue weighted by molar-refractivity contribution is 7.89. The molecule has 1 rings (SSSR count). The van der Waals surface area contributed by atoms with Crippen molar-refractivity contribution in [3.8, 4) is 0 Å². The number of hydrogen-bond acceptors (Lipinski definition) is 4. The van der Waals surface area contributed by atoms with E-state index < -0.39 is 10.0 Å². The molecule has 1 aromatic rings. The Morgan fingerprint density at radius 3 is 2.72 bits per heavy atom. The van der Waals surface area contributed by atoms with Crippen LogP contribution in [0.5, 0.6) is 0 Å². The maximum atomic E-state index is 12.1. The smallest absolute Gasteiger partial charge is 0.242 e. The SMILES string of the molecule is CCCC(COC)NS(=O)(=O)c1ccc(Cl)nc1. The van der Waals surface area contributed by atoms with E-state index in [0.717, 1.165) is 6.42 Å². The molecule has 0 radical (unpaired) electrons. The van der Waals surface area contributed by atoms with Crippen LogP contribution in [-0.2, 0) is 14.8 Å². The summed E-state index contributed by atoms with van der Waals surface area (Å²) in [6.45, 7) is 2.33. The van der Waals surface area contributed by atoms with Gasteiger partial charge < -0.3 is 4.74 Å². The van der Waals surface area contributed by atoms with E-state index in [1.165, 1.54) is 18.3 Å². The zero-order valence-corrected chi connectivity index (χ0v) is 12.0. The number of ether oxygens (including phenoxy) is 1. The van der Waals surface area contributed by atoms with Crippen molar-refractivity contribution in [2.75, 3.05) is 13.7 Å². The largest absolute Gasteiger partial charge is 0.383 e. The number of nitrogens with zero attached hydrogens (tertiary/aromatic N) is 1. The lowest BCUT2D eigenvalue weighted by molar-refractivity contribution is 0.171. The van der Waals surface area contributed by atoms with Crippen molar-refractivity contribution in [2.24, 2.45) is 0 Å². The van der Waals surface area contributed by atoms with Gasteiger partial charge in [0.15, 0.2) is 0 Å². The second kappa shape index (κ2) is 7.04. The summed E-state index contributed by atoms with van der Waals surface area (Å²) < 4.78 is 31.7. The molecule has 0 fully saturated rings. The molecule has 0 amide bonds. The molecule has 0 saturated carbocycles. The van der Waals surface area contributed by atoms with Gasteiger partial charge in [-0.2, -0.15) is 0 Å². The minimum atomic E-state index is -3.57. The third kappa shape index (κ3) is 4.53. The molecule has 0 aliphatic carbocycles. The van der Waals surface area contributed by atoms with Crippen LogP contribution in [0, 0.1) is 0 Å². The van der Waals surface area contributed by atoms with E-state index in [0.29, 0.717) is 13.0 Å². The molecule has 18 heavy (non-hydrogen) atoms.